The number of pyridine rings is 1. The second-order valence-corrected chi connectivity index (χ2v) is 5.12. The average Bonchev–Trinajstić information content (AvgIpc) is 2.40. The molecule has 1 saturated heterocycles. The summed E-state index contributed by atoms with van der Waals surface area (Å²) in [5.41, 5.74) is 1.15. The Morgan fingerprint density at radius 2 is 2.11 bits per heavy atom. The lowest BCUT2D eigenvalue weighted by Gasteiger charge is -2.32. The van der Waals surface area contributed by atoms with Gasteiger partial charge in [0.1, 0.15) is 0 Å². The van der Waals surface area contributed by atoms with Gasteiger partial charge in [0.25, 0.3) is 0 Å². The zero-order valence-electron chi connectivity index (χ0n) is 11.7. The molecule has 2 rings (SSSR count). The van der Waals surface area contributed by atoms with Crippen LogP contribution < -0.4 is 10.2 Å². The molecule has 0 aromatic carbocycles. The van der Waals surface area contributed by atoms with Gasteiger partial charge in [0.05, 0.1) is 5.69 Å². The summed E-state index contributed by atoms with van der Waals surface area (Å²) >= 11 is 0. The normalized spacial score (nSPS) is 17.7. The highest BCUT2D eigenvalue weighted by Gasteiger charge is 2.19. The first-order valence-corrected chi connectivity index (χ1v) is 6.82. The molecule has 0 aliphatic carbocycles. The maximum atomic E-state index is 4.43. The van der Waals surface area contributed by atoms with E-state index in [-0.39, 0.29) is 0 Å². The summed E-state index contributed by atoms with van der Waals surface area (Å²) in [5, 5.41) is 3.64. The Hall–Kier alpha value is -1.29. The van der Waals surface area contributed by atoms with Gasteiger partial charge in [0.15, 0.2) is 5.82 Å². The third kappa shape index (κ3) is 3.13. The highest BCUT2D eigenvalue weighted by atomic mass is 15.2. The quantitative estimate of drug-likeness (QED) is 0.883. The van der Waals surface area contributed by atoms with E-state index in [9.17, 15) is 0 Å². The van der Waals surface area contributed by atoms with Gasteiger partial charge in [-0.15, -0.1) is 0 Å². The van der Waals surface area contributed by atoms with Crippen LogP contribution in [0.2, 0.25) is 0 Å². The van der Waals surface area contributed by atoms with Gasteiger partial charge in [0.2, 0.25) is 0 Å². The zero-order valence-corrected chi connectivity index (χ0v) is 11.7. The summed E-state index contributed by atoms with van der Waals surface area (Å²) in [6, 6.07) is 4.70. The molecule has 0 atom stereocenters. The van der Waals surface area contributed by atoms with Crippen molar-refractivity contribution in [2.24, 2.45) is 0 Å². The van der Waals surface area contributed by atoms with Crippen LogP contribution in [0.3, 0.4) is 0 Å². The molecule has 0 saturated carbocycles. The van der Waals surface area contributed by atoms with E-state index in [1.54, 1.807) is 0 Å². The van der Waals surface area contributed by atoms with E-state index in [2.05, 4.69) is 33.1 Å². The van der Waals surface area contributed by atoms with E-state index < -0.39 is 0 Å². The topological polar surface area (TPSA) is 31.4 Å². The number of aromatic nitrogens is 1. The maximum Gasteiger partial charge on any atom is 0.151 e. The van der Waals surface area contributed by atoms with Crippen molar-refractivity contribution in [3.63, 3.8) is 0 Å². The lowest BCUT2D eigenvalue weighted by molar-refractivity contribution is 0.229. The summed E-state index contributed by atoms with van der Waals surface area (Å²) in [4.78, 5) is 9.00. The standard InChI is InChI=1S/C14H24N4/c1-4-18-10-7-12(8-11-18)16-13-6-5-9-15-14(13)17(2)3/h5-6,9,12,16H,4,7-8,10-11H2,1-3H3. The predicted molar refractivity (Wildman–Crippen MR) is 77.3 cm³/mol. The minimum Gasteiger partial charge on any atom is -0.379 e. The molecule has 100 valence electrons. The van der Waals surface area contributed by atoms with Crippen molar-refractivity contribution in [3.05, 3.63) is 18.3 Å². The summed E-state index contributed by atoms with van der Waals surface area (Å²) in [6.45, 7) is 5.80. The van der Waals surface area contributed by atoms with Crippen molar-refractivity contribution in [2.75, 3.05) is 43.9 Å². The number of piperidine rings is 1. The fourth-order valence-electron chi connectivity index (χ4n) is 2.48. The Kier molecular flexibility index (Phi) is 4.42. The van der Waals surface area contributed by atoms with Crippen LogP contribution in [-0.2, 0) is 0 Å². The Balaban J connectivity index is 1.98. The summed E-state index contributed by atoms with van der Waals surface area (Å²) < 4.78 is 0. The first-order chi connectivity index (χ1) is 8.70. The van der Waals surface area contributed by atoms with E-state index in [1.807, 2.05) is 26.4 Å². The van der Waals surface area contributed by atoms with Gasteiger partial charge in [-0.3, -0.25) is 0 Å². The third-order valence-electron chi connectivity index (χ3n) is 3.60. The van der Waals surface area contributed by atoms with Gasteiger partial charge in [-0.1, -0.05) is 6.92 Å². The monoisotopic (exact) mass is 248 g/mol. The molecule has 1 aromatic heterocycles. The SMILES string of the molecule is CCN1CCC(Nc2cccnc2N(C)C)CC1. The Labute approximate surface area is 110 Å². The minimum atomic E-state index is 0.579. The summed E-state index contributed by atoms with van der Waals surface area (Å²) in [7, 11) is 4.07. The number of rotatable bonds is 4. The molecule has 1 N–H and O–H groups in total. The predicted octanol–water partition coefficient (Wildman–Crippen LogP) is 2.04. The number of anilines is 2. The molecule has 1 aliphatic heterocycles. The van der Waals surface area contributed by atoms with Crippen LogP contribution in [0.25, 0.3) is 0 Å². The van der Waals surface area contributed by atoms with Crippen molar-refractivity contribution < 1.29 is 0 Å². The number of hydrogen-bond donors (Lipinski definition) is 1. The van der Waals surface area contributed by atoms with E-state index in [0.717, 1.165) is 11.5 Å². The van der Waals surface area contributed by atoms with Crippen LogP contribution in [0.5, 0.6) is 0 Å². The Morgan fingerprint density at radius 1 is 1.39 bits per heavy atom. The van der Waals surface area contributed by atoms with Gasteiger partial charge in [-0.05, 0) is 31.5 Å². The third-order valence-corrected chi connectivity index (χ3v) is 3.60. The van der Waals surface area contributed by atoms with Gasteiger partial charge in [0, 0.05) is 39.4 Å². The lowest BCUT2D eigenvalue weighted by Crippen LogP contribution is -2.39. The molecular formula is C14H24N4. The fourth-order valence-corrected chi connectivity index (χ4v) is 2.48. The highest BCUT2D eigenvalue weighted by Crippen LogP contribution is 2.23. The van der Waals surface area contributed by atoms with Gasteiger partial charge in [-0.25, -0.2) is 4.98 Å². The van der Waals surface area contributed by atoms with Gasteiger partial charge in [-0.2, -0.15) is 0 Å². The molecule has 1 aromatic rings. The molecule has 0 spiro atoms. The van der Waals surface area contributed by atoms with Crippen molar-refractivity contribution >= 4 is 11.5 Å². The Bertz CT molecular complexity index is 370. The van der Waals surface area contributed by atoms with Gasteiger partial charge < -0.3 is 15.1 Å². The molecular weight excluding hydrogens is 224 g/mol. The van der Waals surface area contributed by atoms with Crippen molar-refractivity contribution in [2.45, 2.75) is 25.8 Å². The highest BCUT2D eigenvalue weighted by molar-refractivity contribution is 5.65. The lowest BCUT2D eigenvalue weighted by atomic mass is 10.0. The molecule has 18 heavy (non-hydrogen) atoms. The second kappa shape index (κ2) is 6.05. The van der Waals surface area contributed by atoms with Gasteiger partial charge >= 0.3 is 0 Å². The smallest absolute Gasteiger partial charge is 0.151 e. The molecule has 4 heteroatoms. The maximum absolute atomic E-state index is 4.43. The van der Waals surface area contributed by atoms with E-state index in [1.165, 1.54) is 32.5 Å². The number of hydrogen-bond acceptors (Lipinski definition) is 4. The van der Waals surface area contributed by atoms with E-state index in [0.29, 0.717) is 6.04 Å². The molecule has 4 nitrogen and oxygen atoms in total. The Morgan fingerprint density at radius 3 is 2.72 bits per heavy atom. The van der Waals surface area contributed by atoms with Crippen LogP contribution in [0.4, 0.5) is 11.5 Å². The van der Waals surface area contributed by atoms with Crippen molar-refractivity contribution in [3.8, 4) is 0 Å². The minimum absolute atomic E-state index is 0.579. The largest absolute Gasteiger partial charge is 0.379 e. The van der Waals surface area contributed by atoms with Crippen LogP contribution in [0.15, 0.2) is 18.3 Å². The van der Waals surface area contributed by atoms with Crippen LogP contribution in [0, 0.1) is 0 Å². The molecule has 0 bridgehead atoms. The second-order valence-electron chi connectivity index (χ2n) is 5.12. The average molecular weight is 248 g/mol. The summed E-state index contributed by atoms with van der Waals surface area (Å²) in [5.74, 6) is 1.02. The first-order valence-electron chi connectivity index (χ1n) is 6.82. The van der Waals surface area contributed by atoms with Crippen LogP contribution >= 0.6 is 0 Å². The molecule has 2 heterocycles. The number of nitrogens with one attached hydrogen (secondary N) is 1. The number of nitrogens with zero attached hydrogens (tertiary/aromatic N) is 3. The van der Waals surface area contributed by atoms with E-state index in [4.69, 9.17) is 0 Å². The molecule has 0 amide bonds. The molecule has 1 fully saturated rings. The van der Waals surface area contributed by atoms with Crippen molar-refractivity contribution in [1.29, 1.82) is 0 Å². The molecule has 0 radical (unpaired) electrons. The molecule has 0 unspecified atom stereocenters. The van der Waals surface area contributed by atoms with Crippen LogP contribution in [0.1, 0.15) is 19.8 Å². The first kappa shape index (κ1) is 13.1. The fraction of sp³-hybridized carbons (Fsp3) is 0.643. The van der Waals surface area contributed by atoms with E-state index >= 15 is 0 Å². The van der Waals surface area contributed by atoms with Crippen LogP contribution in [-0.4, -0.2) is 49.7 Å². The summed E-state index contributed by atoms with van der Waals surface area (Å²) in [6.07, 6.45) is 4.28. The number of likely N-dealkylation sites (tertiary alicyclic amines) is 1. The zero-order chi connectivity index (χ0) is 13.0. The van der Waals surface area contributed by atoms with Crippen molar-refractivity contribution in [1.82, 2.24) is 9.88 Å². The molecule has 1 aliphatic rings.